The minimum absolute atomic E-state index is 0.160. The highest BCUT2D eigenvalue weighted by Crippen LogP contribution is 2.27. The molecular formula is C13H14ClN3O. The molecule has 4 nitrogen and oxygen atoms in total. The molecule has 1 heterocycles. The van der Waals surface area contributed by atoms with Gasteiger partial charge in [0.1, 0.15) is 0 Å². The van der Waals surface area contributed by atoms with Gasteiger partial charge in [0, 0.05) is 25.2 Å². The molecule has 0 saturated heterocycles. The van der Waals surface area contributed by atoms with Crippen molar-refractivity contribution >= 4 is 34.2 Å². The maximum absolute atomic E-state index is 11.8. The number of nitrogens with one attached hydrogen (secondary N) is 1. The van der Waals surface area contributed by atoms with E-state index in [1.807, 2.05) is 19.1 Å². The Labute approximate surface area is 111 Å². The third kappa shape index (κ3) is 2.38. The van der Waals surface area contributed by atoms with Gasteiger partial charge in [0.25, 0.3) is 0 Å². The second kappa shape index (κ2) is 5.23. The second-order valence-electron chi connectivity index (χ2n) is 3.94. The summed E-state index contributed by atoms with van der Waals surface area (Å²) in [5.74, 6) is 0. The van der Waals surface area contributed by atoms with Gasteiger partial charge in [0.2, 0.25) is 0 Å². The van der Waals surface area contributed by atoms with E-state index in [2.05, 4.69) is 10.3 Å². The van der Waals surface area contributed by atoms with Crippen molar-refractivity contribution in [3.05, 3.63) is 35.5 Å². The maximum atomic E-state index is 11.8. The van der Waals surface area contributed by atoms with E-state index in [1.54, 1.807) is 30.3 Å². The first-order chi connectivity index (χ1) is 8.63. The zero-order valence-electron chi connectivity index (χ0n) is 10.3. The van der Waals surface area contributed by atoms with E-state index in [-0.39, 0.29) is 6.03 Å². The fourth-order valence-electron chi connectivity index (χ4n) is 1.59. The summed E-state index contributed by atoms with van der Waals surface area (Å²) >= 11 is 6.09. The Morgan fingerprint density at radius 2 is 2.22 bits per heavy atom. The number of carbonyl (C=O) groups excluding carboxylic acids is 1. The van der Waals surface area contributed by atoms with Crippen LogP contribution in [0.25, 0.3) is 10.9 Å². The minimum Gasteiger partial charge on any atom is -0.328 e. The van der Waals surface area contributed by atoms with Crippen LogP contribution >= 0.6 is 11.6 Å². The zero-order valence-corrected chi connectivity index (χ0v) is 11.0. The normalized spacial score (nSPS) is 10.4. The van der Waals surface area contributed by atoms with Crippen molar-refractivity contribution in [1.29, 1.82) is 0 Å². The number of pyridine rings is 1. The average Bonchev–Trinajstić information content (AvgIpc) is 2.41. The molecule has 0 radical (unpaired) electrons. The van der Waals surface area contributed by atoms with E-state index in [0.29, 0.717) is 22.8 Å². The molecule has 0 bridgehead atoms. The second-order valence-corrected chi connectivity index (χ2v) is 4.35. The fraction of sp³-hybridized carbons (Fsp3) is 0.231. The Kier molecular flexibility index (Phi) is 3.67. The molecule has 0 aliphatic rings. The molecule has 94 valence electrons. The number of halogens is 1. The Morgan fingerprint density at radius 3 is 2.94 bits per heavy atom. The predicted octanol–water partition coefficient (Wildman–Crippen LogP) is 3.37. The van der Waals surface area contributed by atoms with Gasteiger partial charge in [-0.3, -0.25) is 4.98 Å². The van der Waals surface area contributed by atoms with Crippen LogP contribution in [-0.4, -0.2) is 29.5 Å². The van der Waals surface area contributed by atoms with Crippen LogP contribution in [0, 0.1) is 0 Å². The van der Waals surface area contributed by atoms with Crippen molar-refractivity contribution < 1.29 is 4.79 Å². The van der Waals surface area contributed by atoms with Crippen LogP contribution in [0.3, 0.4) is 0 Å². The fourth-order valence-corrected chi connectivity index (χ4v) is 1.81. The lowest BCUT2D eigenvalue weighted by atomic mass is 10.2. The quantitative estimate of drug-likeness (QED) is 0.903. The number of nitrogens with zero attached hydrogens (tertiary/aromatic N) is 2. The van der Waals surface area contributed by atoms with Crippen LogP contribution < -0.4 is 5.32 Å². The Hall–Kier alpha value is -1.81. The van der Waals surface area contributed by atoms with E-state index in [4.69, 9.17) is 11.6 Å². The number of hydrogen-bond acceptors (Lipinski definition) is 2. The van der Waals surface area contributed by atoms with Crippen LogP contribution in [0.2, 0.25) is 5.02 Å². The summed E-state index contributed by atoms with van der Waals surface area (Å²) < 4.78 is 0. The number of amides is 2. The number of fused-ring (bicyclic) bond motifs is 1. The molecule has 2 aromatic rings. The molecule has 0 fully saturated rings. The molecule has 0 aliphatic carbocycles. The maximum Gasteiger partial charge on any atom is 0.321 e. The van der Waals surface area contributed by atoms with Gasteiger partial charge >= 0.3 is 6.03 Å². The van der Waals surface area contributed by atoms with Crippen molar-refractivity contribution in [2.75, 3.05) is 18.9 Å². The lowest BCUT2D eigenvalue weighted by Crippen LogP contribution is -2.31. The largest absolute Gasteiger partial charge is 0.328 e. The summed E-state index contributed by atoms with van der Waals surface area (Å²) in [6, 6.07) is 7.06. The third-order valence-corrected chi connectivity index (χ3v) is 3.11. The van der Waals surface area contributed by atoms with Crippen LogP contribution in [0.4, 0.5) is 10.5 Å². The van der Waals surface area contributed by atoms with Gasteiger partial charge in [-0.1, -0.05) is 11.6 Å². The Bertz CT molecular complexity index is 585. The first-order valence-corrected chi connectivity index (χ1v) is 6.06. The monoisotopic (exact) mass is 263 g/mol. The molecule has 0 spiro atoms. The third-order valence-electron chi connectivity index (χ3n) is 2.78. The SMILES string of the molecule is CCN(C)C(=O)Nc1ccc(Cl)c2cccnc12. The lowest BCUT2D eigenvalue weighted by Gasteiger charge is -2.16. The number of carbonyl (C=O) groups is 1. The van der Waals surface area contributed by atoms with Gasteiger partial charge < -0.3 is 10.2 Å². The van der Waals surface area contributed by atoms with Crippen LogP contribution in [0.1, 0.15) is 6.92 Å². The summed E-state index contributed by atoms with van der Waals surface area (Å²) in [6.07, 6.45) is 1.68. The summed E-state index contributed by atoms with van der Waals surface area (Å²) in [7, 11) is 1.74. The van der Waals surface area contributed by atoms with Gasteiger partial charge in [-0.2, -0.15) is 0 Å². The number of urea groups is 1. The van der Waals surface area contributed by atoms with Gasteiger partial charge in [0.05, 0.1) is 16.2 Å². The summed E-state index contributed by atoms with van der Waals surface area (Å²) in [5, 5.41) is 4.28. The van der Waals surface area contributed by atoms with E-state index in [0.717, 1.165) is 5.39 Å². The highest BCUT2D eigenvalue weighted by molar-refractivity contribution is 6.35. The number of anilines is 1. The molecule has 0 aliphatic heterocycles. The molecule has 0 saturated carbocycles. The van der Waals surface area contributed by atoms with Gasteiger partial charge in [-0.25, -0.2) is 4.79 Å². The Morgan fingerprint density at radius 1 is 1.44 bits per heavy atom. The molecule has 5 heteroatoms. The van der Waals surface area contributed by atoms with E-state index < -0.39 is 0 Å². The molecule has 0 atom stereocenters. The highest BCUT2D eigenvalue weighted by Gasteiger charge is 2.10. The van der Waals surface area contributed by atoms with Gasteiger partial charge in [-0.05, 0) is 31.2 Å². The van der Waals surface area contributed by atoms with Gasteiger partial charge in [0.15, 0.2) is 0 Å². The number of benzene rings is 1. The number of rotatable bonds is 2. The van der Waals surface area contributed by atoms with Crippen molar-refractivity contribution in [3.8, 4) is 0 Å². The number of aromatic nitrogens is 1. The number of hydrogen-bond donors (Lipinski definition) is 1. The average molecular weight is 264 g/mol. The topological polar surface area (TPSA) is 45.2 Å². The molecule has 2 rings (SSSR count). The lowest BCUT2D eigenvalue weighted by molar-refractivity contribution is 0.224. The summed E-state index contributed by atoms with van der Waals surface area (Å²) in [6.45, 7) is 2.56. The van der Waals surface area contributed by atoms with Crippen molar-refractivity contribution in [2.24, 2.45) is 0 Å². The molecule has 0 unspecified atom stereocenters. The molecule has 1 aromatic heterocycles. The van der Waals surface area contributed by atoms with Crippen LogP contribution in [0.15, 0.2) is 30.5 Å². The van der Waals surface area contributed by atoms with Crippen molar-refractivity contribution in [1.82, 2.24) is 9.88 Å². The highest BCUT2D eigenvalue weighted by atomic mass is 35.5. The van der Waals surface area contributed by atoms with E-state index in [1.165, 1.54) is 0 Å². The first-order valence-electron chi connectivity index (χ1n) is 5.69. The molecule has 1 aromatic carbocycles. The molecular weight excluding hydrogens is 250 g/mol. The summed E-state index contributed by atoms with van der Waals surface area (Å²) in [4.78, 5) is 17.7. The van der Waals surface area contributed by atoms with E-state index in [9.17, 15) is 4.79 Å². The minimum atomic E-state index is -0.160. The van der Waals surface area contributed by atoms with Crippen LogP contribution in [-0.2, 0) is 0 Å². The smallest absolute Gasteiger partial charge is 0.321 e. The standard InChI is InChI=1S/C13H14ClN3O/c1-3-17(2)13(18)16-11-7-6-10(14)9-5-4-8-15-12(9)11/h4-8H,3H2,1-2H3,(H,16,18). The summed E-state index contributed by atoms with van der Waals surface area (Å²) in [5.41, 5.74) is 1.36. The molecule has 1 N–H and O–H groups in total. The van der Waals surface area contributed by atoms with Crippen molar-refractivity contribution in [3.63, 3.8) is 0 Å². The van der Waals surface area contributed by atoms with E-state index >= 15 is 0 Å². The molecule has 2 amide bonds. The molecule has 18 heavy (non-hydrogen) atoms. The zero-order chi connectivity index (χ0) is 13.1. The predicted molar refractivity (Wildman–Crippen MR) is 74.1 cm³/mol. The van der Waals surface area contributed by atoms with Gasteiger partial charge in [-0.15, -0.1) is 0 Å². The first kappa shape index (κ1) is 12.6. The van der Waals surface area contributed by atoms with Crippen molar-refractivity contribution in [2.45, 2.75) is 6.92 Å². The Balaban J connectivity index is 2.40. The van der Waals surface area contributed by atoms with Crippen LogP contribution in [0.5, 0.6) is 0 Å².